The minimum atomic E-state index is -0.260. The quantitative estimate of drug-likeness (QED) is 0.395. The Bertz CT molecular complexity index is 757. The van der Waals surface area contributed by atoms with Crippen LogP contribution in [0.3, 0.4) is 0 Å². The Kier molecular flexibility index (Phi) is 5.90. The van der Waals surface area contributed by atoms with Crippen LogP contribution in [0, 0.1) is 3.57 Å². The lowest BCUT2D eigenvalue weighted by atomic mass is 10.2. The van der Waals surface area contributed by atoms with Crippen LogP contribution in [0.25, 0.3) is 0 Å². The van der Waals surface area contributed by atoms with Gasteiger partial charge in [-0.25, -0.2) is 5.43 Å². The van der Waals surface area contributed by atoms with Crippen LogP contribution in [0.15, 0.2) is 44.3 Å². The molecule has 1 aliphatic rings. The van der Waals surface area contributed by atoms with Crippen LogP contribution in [-0.4, -0.2) is 38.4 Å². The fourth-order valence-electron chi connectivity index (χ4n) is 2.27. The molecule has 1 aliphatic heterocycles. The zero-order valence-corrected chi connectivity index (χ0v) is 16.4. The van der Waals surface area contributed by atoms with Gasteiger partial charge in [0.1, 0.15) is 0 Å². The molecule has 2 aromatic rings. The minimum Gasteiger partial charge on any atom is -0.438 e. The van der Waals surface area contributed by atoms with Gasteiger partial charge in [0.15, 0.2) is 5.76 Å². The molecule has 0 atom stereocenters. The number of halogens is 2. The third kappa shape index (κ3) is 4.37. The van der Waals surface area contributed by atoms with E-state index < -0.39 is 0 Å². The van der Waals surface area contributed by atoms with Gasteiger partial charge in [-0.2, -0.15) is 5.10 Å². The molecule has 0 unspecified atom stereocenters. The lowest BCUT2D eigenvalue weighted by Crippen LogP contribution is -2.36. The first-order valence-corrected chi connectivity index (χ1v) is 9.21. The first-order chi connectivity index (χ1) is 11.6. The Balaban J connectivity index is 1.63. The third-order valence-corrected chi connectivity index (χ3v) is 4.67. The van der Waals surface area contributed by atoms with Crippen molar-refractivity contribution in [2.75, 3.05) is 31.2 Å². The molecule has 0 bridgehead atoms. The van der Waals surface area contributed by atoms with E-state index in [-0.39, 0.29) is 5.91 Å². The summed E-state index contributed by atoms with van der Waals surface area (Å²) in [4.78, 5) is 14.1. The van der Waals surface area contributed by atoms with E-state index in [2.05, 4.69) is 53.9 Å². The maximum absolute atomic E-state index is 12.0. The van der Waals surface area contributed by atoms with Crippen LogP contribution in [0.2, 0.25) is 0 Å². The van der Waals surface area contributed by atoms with Crippen LogP contribution in [0.1, 0.15) is 16.1 Å². The van der Waals surface area contributed by atoms with Gasteiger partial charge < -0.3 is 14.1 Å². The molecule has 126 valence electrons. The number of hydrogen-bond acceptors (Lipinski definition) is 5. The van der Waals surface area contributed by atoms with E-state index in [9.17, 15) is 4.79 Å². The van der Waals surface area contributed by atoms with E-state index in [0.717, 1.165) is 27.0 Å². The third-order valence-electron chi connectivity index (χ3n) is 3.43. The van der Waals surface area contributed by atoms with Crippen molar-refractivity contribution in [3.05, 3.63) is 49.7 Å². The molecule has 1 N–H and O–H groups in total. The molecule has 1 aromatic carbocycles. The number of furan rings is 1. The molecule has 0 radical (unpaired) electrons. The van der Waals surface area contributed by atoms with Gasteiger partial charge in [0, 0.05) is 28.3 Å². The minimum absolute atomic E-state index is 0.260. The van der Waals surface area contributed by atoms with Crippen molar-refractivity contribution in [1.29, 1.82) is 0 Å². The number of benzene rings is 1. The largest absolute Gasteiger partial charge is 0.438 e. The molecule has 24 heavy (non-hydrogen) atoms. The van der Waals surface area contributed by atoms with Crippen LogP contribution < -0.4 is 10.3 Å². The Morgan fingerprint density at radius 2 is 2.12 bits per heavy atom. The molecule has 1 amide bonds. The van der Waals surface area contributed by atoms with E-state index in [4.69, 9.17) is 9.15 Å². The molecule has 8 heteroatoms. The number of rotatable bonds is 4. The maximum atomic E-state index is 12.0. The summed E-state index contributed by atoms with van der Waals surface area (Å²) in [6.07, 6.45) is 1.49. The number of morpholine rings is 1. The number of amides is 1. The van der Waals surface area contributed by atoms with Gasteiger partial charge in [-0.1, -0.05) is 6.07 Å². The Hall–Kier alpha value is -1.39. The van der Waals surface area contributed by atoms with Crippen molar-refractivity contribution in [1.82, 2.24) is 5.43 Å². The number of hydrogen-bond donors (Lipinski definition) is 1. The smallest absolute Gasteiger partial charge is 0.271 e. The molecule has 1 saturated heterocycles. The molecule has 2 heterocycles. The molecule has 1 aromatic heterocycles. The average molecular weight is 504 g/mol. The predicted molar refractivity (Wildman–Crippen MR) is 104 cm³/mol. The molecule has 6 nitrogen and oxygen atoms in total. The topological polar surface area (TPSA) is 67.1 Å². The SMILES string of the molecule is O=C(N/N=C\c1cc(Br)c(N2CCOCC2)o1)c1cccc(I)c1. The average Bonchev–Trinajstić information content (AvgIpc) is 2.96. The summed E-state index contributed by atoms with van der Waals surface area (Å²) in [6.45, 7) is 2.93. The van der Waals surface area contributed by atoms with Crippen molar-refractivity contribution in [3.8, 4) is 0 Å². The first-order valence-electron chi connectivity index (χ1n) is 7.34. The molecular weight excluding hydrogens is 489 g/mol. The second-order valence-corrected chi connectivity index (χ2v) is 7.21. The van der Waals surface area contributed by atoms with E-state index in [1.807, 2.05) is 18.2 Å². The highest BCUT2D eigenvalue weighted by molar-refractivity contribution is 14.1. The highest BCUT2D eigenvalue weighted by Gasteiger charge is 2.18. The Morgan fingerprint density at radius 3 is 2.88 bits per heavy atom. The van der Waals surface area contributed by atoms with Crippen molar-refractivity contribution in [2.45, 2.75) is 0 Å². The lowest BCUT2D eigenvalue weighted by molar-refractivity contribution is 0.0955. The second-order valence-electron chi connectivity index (χ2n) is 5.11. The van der Waals surface area contributed by atoms with Crippen LogP contribution >= 0.6 is 38.5 Å². The molecule has 0 aliphatic carbocycles. The molecule has 1 fully saturated rings. The zero-order valence-electron chi connectivity index (χ0n) is 12.7. The van der Waals surface area contributed by atoms with Gasteiger partial charge in [-0.05, 0) is 56.7 Å². The van der Waals surface area contributed by atoms with Crippen LogP contribution in [-0.2, 0) is 4.74 Å². The van der Waals surface area contributed by atoms with Crippen LogP contribution in [0.4, 0.5) is 5.88 Å². The van der Waals surface area contributed by atoms with Crippen molar-refractivity contribution >= 4 is 56.5 Å². The standard InChI is InChI=1S/C16H15BrIN3O3/c17-14-9-13(24-16(14)21-4-6-23-7-5-21)10-19-20-15(22)11-2-1-3-12(18)8-11/h1-3,8-10H,4-7H2,(H,20,22)/b19-10-. The van der Waals surface area contributed by atoms with Crippen molar-refractivity contribution in [3.63, 3.8) is 0 Å². The number of anilines is 1. The number of nitrogens with one attached hydrogen (secondary N) is 1. The number of ether oxygens (including phenoxy) is 1. The first kappa shape index (κ1) is 17.4. The summed E-state index contributed by atoms with van der Waals surface area (Å²) in [7, 11) is 0. The molecule has 3 rings (SSSR count). The summed E-state index contributed by atoms with van der Waals surface area (Å²) in [5.74, 6) is 1.05. The van der Waals surface area contributed by atoms with Gasteiger partial charge in [0.05, 0.1) is 23.9 Å². The number of carbonyl (C=O) groups excluding carboxylic acids is 1. The van der Waals surface area contributed by atoms with Gasteiger partial charge in [0.2, 0.25) is 5.88 Å². The van der Waals surface area contributed by atoms with Gasteiger partial charge >= 0.3 is 0 Å². The Labute approximate surface area is 161 Å². The second kappa shape index (κ2) is 8.13. The number of hydrazone groups is 1. The summed E-state index contributed by atoms with van der Waals surface area (Å²) in [5.41, 5.74) is 3.06. The number of carbonyl (C=O) groups is 1. The van der Waals surface area contributed by atoms with Crippen molar-refractivity contribution in [2.24, 2.45) is 5.10 Å². The molecular formula is C16H15BrIN3O3. The zero-order chi connectivity index (χ0) is 16.9. The van der Waals surface area contributed by atoms with Gasteiger partial charge in [-0.15, -0.1) is 0 Å². The summed E-state index contributed by atoms with van der Waals surface area (Å²) in [5, 5.41) is 3.96. The van der Waals surface area contributed by atoms with Crippen molar-refractivity contribution < 1.29 is 13.9 Å². The van der Waals surface area contributed by atoms with E-state index in [1.165, 1.54) is 6.21 Å². The number of nitrogens with zero attached hydrogens (tertiary/aromatic N) is 2. The summed E-state index contributed by atoms with van der Waals surface area (Å²) in [6, 6.07) is 9.12. The summed E-state index contributed by atoms with van der Waals surface area (Å²) < 4.78 is 13.0. The fraction of sp³-hybridized carbons (Fsp3) is 0.250. The maximum Gasteiger partial charge on any atom is 0.271 e. The lowest BCUT2D eigenvalue weighted by Gasteiger charge is -2.26. The highest BCUT2D eigenvalue weighted by Crippen LogP contribution is 2.30. The monoisotopic (exact) mass is 503 g/mol. The summed E-state index contributed by atoms with van der Waals surface area (Å²) >= 11 is 5.65. The van der Waals surface area contributed by atoms with Gasteiger partial charge in [0.25, 0.3) is 5.91 Å². The fourth-order valence-corrected chi connectivity index (χ4v) is 3.37. The van der Waals surface area contributed by atoms with Gasteiger partial charge in [-0.3, -0.25) is 4.79 Å². The van der Waals surface area contributed by atoms with E-state index in [1.54, 1.807) is 12.1 Å². The molecule has 0 saturated carbocycles. The van der Waals surface area contributed by atoms with E-state index in [0.29, 0.717) is 24.5 Å². The highest BCUT2D eigenvalue weighted by atomic mass is 127. The normalized spacial score (nSPS) is 15.0. The molecule has 0 spiro atoms. The Morgan fingerprint density at radius 1 is 1.33 bits per heavy atom. The predicted octanol–water partition coefficient (Wildman–Crippen LogP) is 3.25. The van der Waals surface area contributed by atoms with E-state index >= 15 is 0 Å². The van der Waals surface area contributed by atoms with Crippen LogP contribution in [0.5, 0.6) is 0 Å².